The highest BCUT2D eigenvalue weighted by Crippen LogP contribution is 2.42. The van der Waals surface area contributed by atoms with Crippen LogP contribution in [0.2, 0.25) is 0 Å². The van der Waals surface area contributed by atoms with Crippen molar-refractivity contribution in [1.29, 1.82) is 0 Å². The van der Waals surface area contributed by atoms with E-state index in [9.17, 15) is 14.7 Å². The molecule has 0 aliphatic carbocycles. The highest BCUT2D eigenvalue weighted by Gasteiger charge is 2.50. The number of hydrogen-bond donors (Lipinski definition) is 1. The number of ketones is 1. The van der Waals surface area contributed by atoms with Crippen LogP contribution in [0.5, 0.6) is 0 Å². The van der Waals surface area contributed by atoms with Crippen LogP contribution >= 0.6 is 0 Å². The molecule has 0 bridgehead atoms. The van der Waals surface area contributed by atoms with Crippen LogP contribution in [-0.2, 0) is 10.4 Å². The van der Waals surface area contributed by atoms with Crippen LogP contribution in [0, 0.1) is 0 Å². The van der Waals surface area contributed by atoms with Crippen LogP contribution in [0.15, 0.2) is 48.8 Å². The van der Waals surface area contributed by atoms with Crippen LogP contribution < -0.4 is 4.90 Å². The highest BCUT2D eigenvalue weighted by atomic mass is 16.3. The van der Waals surface area contributed by atoms with Crippen LogP contribution in [0.3, 0.4) is 0 Å². The number of carbonyl (C=O) groups is 2. The molecule has 3 rings (SSSR count). The predicted octanol–water partition coefficient (Wildman–Crippen LogP) is 2.69. The number of unbranched alkanes of at least 4 members (excludes halogenated alkanes) is 1. The van der Waals surface area contributed by atoms with E-state index in [4.69, 9.17) is 0 Å². The van der Waals surface area contributed by atoms with Crippen LogP contribution in [0.4, 0.5) is 5.69 Å². The molecule has 124 valence electrons. The van der Waals surface area contributed by atoms with E-state index in [1.807, 2.05) is 19.1 Å². The normalized spacial score (nSPS) is 19.4. The fourth-order valence-electron chi connectivity index (χ4n) is 3.08. The first-order valence-corrected chi connectivity index (χ1v) is 8.15. The van der Waals surface area contributed by atoms with E-state index in [2.05, 4.69) is 4.98 Å². The number of fused-ring (bicyclic) bond motifs is 1. The molecule has 0 saturated heterocycles. The third-order valence-electron chi connectivity index (χ3n) is 4.37. The minimum atomic E-state index is -1.81. The molecular weight excluding hydrogens is 304 g/mol. The standard InChI is InChI=1S/C19H20N2O3/c1-2-3-11-21-16-9-5-4-8-15(16)19(24,18(21)23)12-17(22)14-7-6-10-20-13-14/h4-10,13,24H,2-3,11-12H2,1H3/t19-/m1/s1. The van der Waals surface area contributed by atoms with E-state index in [0.29, 0.717) is 23.4 Å². The van der Waals surface area contributed by atoms with Gasteiger partial charge >= 0.3 is 0 Å². The second kappa shape index (κ2) is 6.53. The van der Waals surface area contributed by atoms with Gasteiger partial charge in [-0.25, -0.2) is 0 Å². The topological polar surface area (TPSA) is 70.5 Å². The number of nitrogens with zero attached hydrogens (tertiary/aromatic N) is 2. The fraction of sp³-hybridized carbons (Fsp3) is 0.316. The van der Waals surface area contributed by atoms with Gasteiger partial charge in [0.05, 0.1) is 12.1 Å². The number of amides is 1. The zero-order valence-corrected chi connectivity index (χ0v) is 13.6. The summed E-state index contributed by atoms with van der Waals surface area (Å²) in [6.07, 6.45) is 4.53. The highest BCUT2D eigenvalue weighted by molar-refractivity contribution is 6.10. The van der Waals surface area contributed by atoms with Crippen LogP contribution in [0.25, 0.3) is 0 Å². The molecule has 0 fully saturated rings. The molecule has 0 spiro atoms. The van der Waals surface area contributed by atoms with Gasteiger partial charge in [0.2, 0.25) is 0 Å². The molecule has 0 saturated carbocycles. The molecular formula is C19H20N2O3. The number of Topliss-reactive ketones (excluding diaryl/α,β-unsaturated/α-hetero) is 1. The Kier molecular flexibility index (Phi) is 4.44. The molecule has 1 aromatic carbocycles. The maximum absolute atomic E-state index is 12.9. The predicted molar refractivity (Wildman–Crippen MR) is 90.8 cm³/mol. The lowest BCUT2D eigenvalue weighted by atomic mass is 9.88. The summed E-state index contributed by atoms with van der Waals surface area (Å²) >= 11 is 0. The van der Waals surface area contributed by atoms with Gasteiger partial charge in [-0.1, -0.05) is 31.5 Å². The lowest BCUT2D eigenvalue weighted by Gasteiger charge is -2.22. The van der Waals surface area contributed by atoms with Crippen LogP contribution in [-0.4, -0.2) is 28.3 Å². The Morgan fingerprint density at radius 2 is 2.04 bits per heavy atom. The van der Waals surface area contributed by atoms with Crippen molar-refractivity contribution in [3.05, 3.63) is 59.9 Å². The maximum atomic E-state index is 12.9. The average molecular weight is 324 g/mol. The molecule has 1 aromatic heterocycles. The SMILES string of the molecule is CCCCN1C(=O)[C@@](O)(CC(=O)c2cccnc2)c2ccccc21. The summed E-state index contributed by atoms with van der Waals surface area (Å²) in [4.78, 5) is 30.9. The van der Waals surface area contributed by atoms with E-state index in [1.54, 1.807) is 35.4 Å². The van der Waals surface area contributed by atoms with Gasteiger partial charge in [-0.3, -0.25) is 14.6 Å². The average Bonchev–Trinajstić information content (AvgIpc) is 2.82. The Hall–Kier alpha value is -2.53. The van der Waals surface area contributed by atoms with Gasteiger partial charge < -0.3 is 10.0 Å². The van der Waals surface area contributed by atoms with Crippen molar-refractivity contribution in [2.24, 2.45) is 0 Å². The molecule has 1 N–H and O–H groups in total. The number of hydrogen-bond acceptors (Lipinski definition) is 4. The van der Waals surface area contributed by atoms with Gasteiger partial charge in [-0.2, -0.15) is 0 Å². The minimum absolute atomic E-state index is 0.281. The van der Waals surface area contributed by atoms with Crippen molar-refractivity contribution in [2.45, 2.75) is 31.8 Å². The molecule has 24 heavy (non-hydrogen) atoms. The van der Waals surface area contributed by atoms with Crippen molar-refractivity contribution >= 4 is 17.4 Å². The number of benzene rings is 1. The van der Waals surface area contributed by atoms with Gasteiger partial charge in [0.25, 0.3) is 5.91 Å². The smallest absolute Gasteiger partial charge is 0.264 e. The van der Waals surface area contributed by atoms with Crippen molar-refractivity contribution in [3.8, 4) is 0 Å². The van der Waals surface area contributed by atoms with Crippen LogP contribution in [0.1, 0.15) is 42.1 Å². The van der Waals surface area contributed by atoms with Gasteiger partial charge in [-0.05, 0) is 24.6 Å². The number of pyridine rings is 1. The Bertz CT molecular complexity index is 760. The molecule has 2 aromatic rings. The lowest BCUT2D eigenvalue weighted by molar-refractivity contribution is -0.135. The minimum Gasteiger partial charge on any atom is -0.375 e. The van der Waals surface area contributed by atoms with Crippen molar-refractivity contribution in [1.82, 2.24) is 4.98 Å². The Morgan fingerprint density at radius 3 is 2.75 bits per heavy atom. The van der Waals surface area contributed by atoms with E-state index >= 15 is 0 Å². The largest absolute Gasteiger partial charge is 0.375 e. The maximum Gasteiger partial charge on any atom is 0.264 e. The van der Waals surface area contributed by atoms with E-state index in [1.165, 1.54) is 6.20 Å². The molecule has 2 heterocycles. The number of anilines is 1. The molecule has 1 atom stereocenters. The number of rotatable bonds is 6. The zero-order valence-electron chi connectivity index (χ0n) is 13.6. The molecule has 1 aliphatic heterocycles. The molecule has 1 amide bonds. The summed E-state index contributed by atoms with van der Waals surface area (Å²) in [5, 5.41) is 11.1. The summed E-state index contributed by atoms with van der Waals surface area (Å²) in [6.45, 7) is 2.58. The molecule has 0 unspecified atom stereocenters. The zero-order chi connectivity index (χ0) is 17.2. The number of carbonyl (C=O) groups excluding carboxylic acids is 2. The molecule has 5 nitrogen and oxygen atoms in total. The van der Waals surface area contributed by atoms with E-state index in [0.717, 1.165) is 12.8 Å². The first kappa shape index (κ1) is 16.3. The second-order valence-corrected chi connectivity index (χ2v) is 6.03. The molecule has 0 radical (unpaired) electrons. The molecule has 5 heteroatoms. The number of aromatic nitrogens is 1. The van der Waals surface area contributed by atoms with Crippen molar-refractivity contribution < 1.29 is 14.7 Å². The summed E-state index contributed by atoms with van der Waals surface area (Å²) < 4.78 is 0. The van der Waals surface area contributed by atoms with Gasteiger partial charge in [0.1, 0.15) is 0 Å². The third-order valence-corrected chi connectivity index (χ3v) is 4.37. The summed E-state index contributed by atoms with van der Waals surface area (Å²) in [5.41, 5.74) is -0.221. The lowest BCUT2D eigenvalue weighted by Crippen LogP contribution is -2.42. The van der Waals surface area contributed by atoms with E-state index in [-0.39, 0.29) is 12.2 Å². The summed E-state index contributed by atoms with van der Waals surface area (Å²) in [7, 11) is 0. The quantitative estimate of drug-likeness (QED) is 0.829. The first-order chi connectivity index (χ1) is 11.6. The van der Waals surface area contributed by atoms with E-state index < -0.39 is 11.5 Å². The van der Waals surface area contributed by atoms with Gasteiger partial charge in [0.15, 0.2) is 11.4 Å². The number of aliphatic hydroxyl groups is 1. The fourth-order valence-corrected chi connectivity index (χ4v) is 3.08. The second-order valence-electron chi connectivity index (χ2n) is 6.03. The van der Waals surface area contributed by atoms with Crippen molar-refractivity contribution in [2.75, 3.05) is 11.4 Å². The monoisotopic (exact) mass is 324 g/mol. The Labute approximate surface area is 140 Å². The Balaban J connectivity index is 1.94. The molecule has 1 aliphatic rings. The Morgan fingerprint density at radius 1 is 1.25 bits per heavy atom. The summed E-state index contributed by atoms with van der Waals surface area (Å²) in [6, 6.07) is 10.4. The van der Waals surface area contributed by atoms with Crippen molar-refractivity contribution in [3.63, 3.8) is 0 Å². The summed E-state index contributed by atoms with van der Waals surface area (Å²) in [5.74, 6) is -0.722. The van der Waals surface area contributed by atoms with Gasteiger partial charge in [-0.15, -0.1) is 0 Å². The number of para-hydroxylation sites is 1. The van der Waals surface area contributed by atoms with Gasteiger partial charge in [0, 0.05) is 30.1 Å². The third kappa shape index (κ3) is 2.71. The first-order valence-electron chi connectivity index (χ1n) is 8.15.